The van der Waals surface area contributed by atoms with E-state index in [1.165, 1.54) is 103 Å². The lowest BCUT2D eigenvalue weighted by Crippen LogP contribution is -2.31. The van der Waals surface area contributed by atoms with Gasteiger partial charge in [-0.25, -0.2) is 0 Å². The molecule has 0 heterocycles. The van der Waals surface area contributed by atoms with Gasteiger partial charge in [-0.15, -0.1) is 0 Å². The van der Waals surface area contributed by atoms with Crippen LogP contribution in [0.1, 0.15) is 176 Å². The van der Waals surface area contributed by atoms with Crippen LogP contribution >= 0.6 is 0 Å². The van der Waals surface area contributed by atoms with Gasteiger partial charge in [-0.1, -0.05) is 144 Å². The molecular weight excluding hydrogens is 444 g/mol. The molecule has 3 heteroatoms. The van der Waals surface area contributed by atoms with Crippen molar-refractivity contribution in [2.24, 2.45) is 17.8 Å². The Morgan fingerprint density at radius 1 is 0.611 bits per heavy atom. The van der Waals surface area contributed by atoms with Gasteiger partial charge >= 0.3 is 5.97 Å². The number of esters is 1. The first-order valence-corrected chi connectivity index (χ1v) is 16.1. The van der Waals surface area contributed by atoms with Crippen LogP contribution in [0, 0.1) is 17.8 Å². The van der Waals surface area contributed by atoms with Crippen LogP contribution in [0.15, 0.2) is 0 Å². The Morgan fingerprint density at radius 2 is 1.08 bits per heavy atom. The van der Waals surface area contributed by atoms with E-state index in [1.54, 1.807) is 0 Å². The summed E-state index contributed by atoms with van der Waals surface area (Å²) in [6.45, 7) is 13.1. The molecule has 0 saturated carbocycles. The van der Waals surface area contributed by atoms with Crippen LogP contribution in [0.25, 0.3) is 0 Å². The third-order valence-corrected chi connectivity index (χ3v) is 8.08. The van der Waals surface area contributed by atoms with Gasteiger partial charge in [0.05, 0.1) is 6.10 Å². The monoisotopic (exact) mass is 511 g/mol. The van der Waals surface area contributed by atoms with Crippen molar-refractivity contribution in [1.82, 2.24) is 0 Å². The molecule has 0 rings (SSSR count). The maximum absolute atomic E-state index is 12.2. The van der Waals surface area contributed by atoms with Crippen LogP contribution < -0.4 is 0 Å². The fourth-order valence-corrected chi connectivity index (χ4v) is 5.06. The summed E-state index contributed by atoms with van der Waals surface area (Å²) >= 11 is 0. The van der Waals surface area contributed by atoms with E-state index in [0.29, 0.717) is 12.3 Å². The average Bonchev–Trinajstić information content (AvgIpc) is 2.84. The molecular formula is C33H66O3. The van der Waals surface area contributed by atoms with Crippen LogP contribution in [0.5, 0.6) is 0 Å². The van der Waals surface area contributed by atoms with Crippen LogP contribution in [0.3, 0.4) is 0 Å². The molecule has 0 aromatic heterocycles. The number of ether oxygens (including phenoxy) is 1. The number of aliphatic hydroxyl groups is 1. The zero-order chi connectivity index (χ0) is 27.0. The standard InChI is InChI=1S/C33H66O3/c1-7-8-9-10-11-12-13-14-15-16-17-18-19-20-21-25-33(35)36-31(6)30(5)32(34)27-26-29(4)24-22-23-28(2)3/h28-32,34H,7-27H2,1-6H3. The lowest BCUT2D eigenvalue weighted by atomic mass is 9.90. The average molecular weight is 511 g/mol. The molecule has 4 atom stereocenters. The molecule has 0 radical (unpaired) electrons. The van der Waals surface area contributed by atoms with E-state index < -0.39 is 6.10 Å². The number of carbonyl (C=O) groups excluding carboxylic acids is 1. The van der Waals surface area contributed by atoms with E-state index in [4.69, 9.17) is 4.74 Å². The van der Waals surface area contributed by atoms with Gasteiger partial charge < -0.3 is 9.84 Å². The zero-order valence-electron chi connectivity index (χ0n) is 25.5. The van der Waals surface area contributed by atoms with Crippen LogP contribution in [0.2, 0.25) is 0 Å². The fourth-order valence-electron chi connectivity index (χ4n) is 5.06. The predicted molar refractivity (Wildman–Crippen MR) is 157 cm³/mol. The van der Waals surface area contributed by atoms with Gasteiger partial charge in [-0.2, -0.15) is 0 Å². The summed E-state index contributed by atoms with van der Waals surface area (Å²) in [6.07, 6.45) is 25.5. The van der Waals surface area contributed by atoms with Gasteiger partial charge in [0.1, 0.15) is 6.10 Å². The Kier molecular flexibility index (Phi) is 24.4. The van der Waals surface area contributed by atoms with E-state index in [1.807, 2.05) is 13.8 Å². The molecule has 1 N–H and O–H groups in total. The highest BCUT2D eigenvalue weighted by Crippen LogP contribution is 2.22. The second kappa shape index (κ2) is 24.7. The Morgan fingerprint density at radius 3 is 1.56 bits per heavy atom. The minimum Gasteiger partial charge on any atom is -0.462 e. The topological polar surface area (TPSA) is 46.5 Å². The Bertz CT molecular complexity index is 476. The molecule has 3 nitrogen and oxygen atoms in total. The molecule has 0 saturated heterocycles. The summed E-state index contributed by atoms with van der Waals surface area (Å²) in [6, 6.07) is 0. The molecule has 0 aromatic rings. The van der Waals surface area contributed by atoms with Crippen molar-refractivity contribution < 1.29 is 14.6 Å². The first kappa shape index (κ1) is 35.4. The van der Waals surface area contributed by atoms with Crippen molar-refractivity contribution in [3.63, 3.8) is 0 Å². The quantitative estimate of drug-likeness (QED) is 0.0929. The molecule has 0 aromatic carbocycles. The minimum atomic E-state index is -0.397. The molecule has 36 heavy (non-hydrogen) atoms. The molecule has 0 spiro atoms. The number of rotatable bonds is 26. The van der Waals surface area contributed by atoms with Crippen molar-refractivity contribution in [1.29, 1.82) is 0 Å². The van der Waals surface area contributed by atoms with Gasteiger partial charge in [0.15, 0.2) is 0 Å². The molecule has 0 aliphatic rings. The van der Waals surface area contributed by atoms with Gasteiger partial charge in [0.25, 0.3) is 0 Å². The fraction of sp³-hybridized carbons (Fsp3) is 0.970. The zero-order valence-corrected chi connectivity index (χ0v) is 25.5. The van der Waals surface area contributed by atoms with Crippen LogP contribution in [-0.4, -0.2) is 23.3 Å². The van der Waals surface area contributed by atoms with E-state index >= 15 is 0 Å². The van der Waals surface area contributed by atoms with Crippen LogP contribution in [-0.2, 0) is 9.53 Å². The van der Waals surface area contributed by atoms with Crippen LogP contribution in [0.4, 0.5) is 0 Å². The van der Waals surface area contributed by atoms with Gasteiger partial charge in [0.2, 0.25) is 0 Å². The Labute approximate surface area is 226 Å². The van der Waals surface area contributed by atoms with Crippen molar-refractivity contribution in [3.8, 4) is 0 Å². The largest absolute Gasteiger partial charge is 0.462 e. The number of unbranched alkanes of at least 4 members (excludes halogenated alkanes) is 14. The minimum absolute atomic E-state index is 0.0159. The first-order chi connectivity index (χ1) is 17.3. The van der Waals surface area contributed by atoms with Gasteiger partial charge in [-0.05, 0) is 38.0 Å². The summed E-state index contributed by atoms with van der Waals surface area (Å²) in [7, 11) is 0. The number of aliphatic hydroxyl groups excluding tert-OH is 1. The second-order valence-corrected chi connectivity index (χ2v) is 12.3. The smallest absolute Gasteiger partial charge is 0.306 e. The number of carbonyl (C=O) groups is 1. The van der Waals surface area contributed by atoms with Gasteiger partial charge in [-0.3, -0.25) is 4.79 Å². The normalized spacial score (nSPS) is 15.1. The molecule has 216 valence electrons. The maximum Gasteiger partial charge on any atom is 0.306 e. The molecule has 4 unspecified atom stereocenters. The van der Waals surface area contributed by atoms with E-state index in [9.17, 15) is 9.90 Å². The third-order valence-electron chi connectivity index (χ3n) is 8.08. The third kappa shape index (κ3) is 22.6. The van der Waals surface area contributed by atoms with Crippen molar-refractivity contribution in [2.75, 3.05) is 0 Å². The molecule has 0 amide bonds. The van der Waals surface area contributed by atoms with Gasteiger partial charge in [0, 0.05) is 12.3 Å². The molecule has 0 fully saturated rings. The lowest BCUT2D eigenvalue weighted by molar-refractivity contribution is -0.152. The van der Waals surface area contributed by atoms with E-state index in [0.717, 1.165) is 31.6 Å². The number of hydrogen-bond donors (Lipinski definition) is 1. The summed E-state index contributed by atoms with van der Waals surface area (Å²) < 4.78 is 5.65. The Hall–Kier alpha value is -0.570. The van der Waals surface area contributed by atoms with Crippen molar-refractivity contribution >= 4 is 5.97 Å². The summed E-state index contributed by atoms with van der Waals surface area (Å²) in [5, 5.41) is 10.6. The molecule has 0 aliphatic heterocycles. The second-order valence-electron chi connectivity index (χ2n) is 12.3. The predicted octanol–water partition coefficient (Wildman–Crippen LogP) is 10.4. The first-order valence-electron chi connectivity index (χ1n) is 16.1. The summed E-state index contributed by atoms with van der Waals surface area (Å²) in [4.78, 5) is 12.2. The van der Waals surface area contributed by atoms with Crippen molar-refractivity contribution in [3.05, 3.63) is 0 Å². The van der Waals surface area contributed by atoms with E-state index in [-0.39, 0.29) is 18.0 Å². The maximum atomic E-state index is 12.2. The molecule has 0 bridgehead atoms. The van der Waals surface area contributed by atoms with E-state index in [2.05, 4.69) is 27.7 Å². The highest BCUT2D eigenvalue weighted by molar-refractivity contribution is 5.69. The number of hydrogen-bond acceptors (Lipinski definition) is 3. The highest BCUT2D eigenvalue weighted by atomic mass is 16.5. The van der Waals surface area contributed by atoms with Crippen molar-refractivity contribution in [2.45, 2.75) is 189 Å². The summed E-state index contributed by atoms with van der Waals surface area (Å²) in [5.74, 6) is 1.30. The Balaban J connectivity index is 3.65. The molecule has 0 aliphatic carbocycles. The summed E-state index contributed by atoms with van der Waals surface area (Å²) in [5.41, 5.74) is 0. The SMILES string of the molecule is CCCCCCCCCCCCCCCCCC(=O)OC(C)C(C)C(O)CCC(C)CCCC(C)C. The lowest BCUT2D eigenvalue weighted by Gasteiger charge is -2.26. The highest BCUT2D eigenvalue weighted by Gasteiger charge is 2.24.